The van der Waals surface area contributed by atoms with E-state index >= 15 is 0 Å². The first-order valence-electron chi connectivity index (χ1n) is 6.23. The summed E-state index contributed by atoms with van der Waals surface area (Å²) in [5.41, 5.74) is 1.46. The standard InChI is InChI=1S/C13H16N2O3/c16-10-5-6-14(9-10)7-8-15-11-3-1-2-4-12(11)18-13(15)17/h1-4,10,16H,5-9H2. The molecule has 2 aromatic rings. The van der Waals surface area contributed by atoms with Crippen LogP contribution in [0, 0.1) is 0 Å². The molecule has 3 rings (SSSR count). The molecule has 5 heteroatoms. The highest BCUT2D eigenvalue weighted by atomic mass is 16.4. The Hall–Kier alpha value is -1.59. The van der Waals surface area contributed by atoms with E-state index in [-0.39, 0.29) is 11.9 Å². The predicted octanol–water partition coefficient (Wildman–Crippen LogP) is 0.661. The van der Waals surface area contributed by atoms with Crippen molar-refractivity contribution >= 4 is 11.1 Å². The molecule has 0 radical (unpaired) electrons. The van der Waals surface area contributed by atoms with Crippen LogP contribution in [0.25, 0.3) is 11.1 Å². The Labute approximate surface area is 104 Å². The van der Waals surface area contributed by atoms with E-state index in [4.69, 9.17) is 4.42 Å². The molecule has 1 atom stereocenters. The van der Waals surface area contributed by atoms with Gasteiger partial charge in [-0.1, -0.05) is 12.1 Å². The van der Waals surface area contributed by atoms with Crippen molar-refractivity contribution in [3.8, 4) is 0 Å². The van der Waals surface area contributed by atoms with E-state index in [1.54, 1.807) is 10.6 Å². The van der Waals surface area contributed by atoms with Gasteiger partial charge in [0.05, 0.1) is 11.6 Å². The Bertz CT molecular complexity index is 602. The van der Waals surface area contributed by atoms with Crippen LogP contribution in [-0.4, -0.2) is 40.3 Å². The normalized spacial score (nSPS) is 20.8. The maximum Gasteiger partial charge on any atom is 0.419 e. The predicted molar refractivity (Wildman–Crippen MR) is 67.5 cm³/mol. The zero-order valence-electron chi connectivity index (χ0n) is 10.1. The molecule has 0 aliphatic carbocycles. The van der Waals surface area contributed by atoms with E-state index in [1.807, 2.05) is 18.2 Å². The number of hydrogen-bond acceptors (Lipinski definition) is 4. The van der Waals surface area contributed by atoms with Gasteiger partial charge in [-0.2, -0.15) is 0 Å². The summed E-state index contributed by atoms with van der Waals surface area (Å²) in [5, 5.41) is 9.45. The van der Waals surface area contributed by atoms with Gasteiger partial charge < -0.3 is 9.52 Å². The van der Waals surface area contributed by atoms with E-state index in [0.29, 0.717) is 18.7 Å². The van der Waals surface area contributed by atoms with Gasteiger partial charge in [0, 0.05) is 26.2 Å². The van der Waals surface area contributed by atoms with E-state index < -0.39 is 0 Å². The highest BCUT2D eigenvalue weighted by Crippen LogP contribution is 2.13. The van der Waals surface area contributed by atoms with Crippen molar-refractivity contribution < 1.29 is 9.52 Å². The van der Waals surface area contributed by atoms with Crippen LogP contribution in [0.2, 0.25) is 0 Å². The van der Waals surface area contributed by atoms with Crippen LogP contribution in [0.5, 0.6) is 0 Å². The third-order valence-corrected chi connectivity index (χ3v) is 3.46. The molecule has 5 nitrogen and oxygen atoms in total. The fourth-order valence-corrected chi connectivity index (χ4v) is 2.48. The lowest BCUT2D eigenvalue weighted by molar-refractivity contribution is 0.175. The molecule has 0 bridgehead atoms. The zero-order valence-corrected chi connectivity index (χ0v) is 10.1. The van der Waals surface area contributed by atoms with Gasteiger partial charge in [-0.05, 0) is 18.6 Å². The number of nitrogens with zero attached hydrogens (tertiary/aromatic N) is 2. The van der Waals surface area contributed by atoms with Gasteiger partial charge in [-0.25, -0.2) is 4.79 Å². The van der Waals surface area contributed by atoms with Crippen LogP contribution in [0.3, 0.4) is 0 Å². The van der Waals surface area contributed by atoms with Crippen molar-refractivity contribution in [2.75, 3.05) is 19.6 Å². The lowest BCUT2D eigenvalue weighted by atomic mass is 10.3. The van der Waals surface area contributed by atoms with E-state index in [9.17, 15) is 9.90 Å². The third-order valence-electron chi connectivity index (χ3n) is 3.46. The lowest BCUT2D eigenvalue weighted by Crippen LogP contribution is -2.28. The molecule has 18 heavy (non-hydrogen) atoms. The molecule has 1 aromatic carbocycles. The largest absolute Gasteiger partial charge is 0.419 e. The fraction of sp³-hybridized carbons (Fsp3) is 0.462. The van der Waals surface area contributed by atoms with Crippen molar-refractivity contribution in [2.45, 2.75) is 19.1 Å². The Morgan fingerprint density at radius 2 is 2.17 bits per heavy atom. The van der Waals surface area contributed by atoms with Crippen molar-refractivity contribution in [1.29, 1.82) is 0 Å². The van der Waals surface area contributed by atoms with Gasteiger partial charge in [0.25, 0.3) is 0 Å². The smallest absolute Gasteiger partial charge is 0.408 e. The molecule has 0 saturated carbocycles. The quantitative estimate of drug-likeness (QED) is 0.867. The molecule has 2 heterocycles. The monoisotopic (exact) mass is 248 g/mol. The number of aliphatic hydroxyl groups is 1. The van der Waals surface area contributed by atoms with Crippen LogP contribution in [-0.2, 0) is 6.54 Å². The number of fused-ring (bicyclic) bond motifs is 1. The molecule has 1 fully saturated rings. The topological polar surface area (TPSA) is 58.6 Å². The van der Waals surface area contributed by atoms with Gasteiger partial charge in [-0.3, -0.25) is 9.47 Å². The molecule has 1 saturated heterocycles. The van der Waals surface area contributed by atoms with Crippen molar-refractivity contribution in [3.05, 3.63) is 34.8 Å². The SMILES string of the molecule is O=c1oc2ccccc2n1CCN1CCC(O)C1. The Morgan fingerprint density at radius 1 is 1.33 bits per heavy atom. The van der Waals surface area contributed by atoms with Crippen molar-refractivity contribution in [1.82, 2.24) is 9.47 Å². The summed E-state index contributed by atoms with van der Waals surface area (Å²) in [4.78, 5) is 13.9. The number of likely N-dealkylation sites (tertiary alicyclic amines) is 1. The number of benzene rings is 1. The number of hydrogen-bond donors (Lipinski definition) is 1. The van der Waals surface area contributed by atoms with Gasteiger partial charge >= 0.3 is 5.76 Å². The minimum atomic E-state index is -0.309. The molecular weight excluding hydrogens is 232 g/mol. The van der Waals surface area contributed by atoms with Gasteiger partial charge in [0.1, 0.15) is 0 Å². The molecule has 1 aliphatic heterocycles. The Morgan fingerprint density at radius 3 is 2.94 bits per heavy atom. The first-order valence-corrected chi connectivity index (χ1v) is 6.23. The van der Waals surface area contributed by atoms with E-state index in [2.05, 4.69) is 4.90 Å². The number of aromatic nitrogens is 1. The van der Waals surface area contributed by atoms with Crippen LogP contribution in [0.4, 0.5) is 0 Å². The maximum absolute atomic E-state index is 11.7. The fourth-order valence-electron chi connectivity index (χ4n) is 2.48. The second-order valence-electron chi connectivity index (χ2n) is 4.73. The van der Waals surface area contributed by atoms with Gasteiger partial charge in [0.15, 0.2) is 5.58 Å². The summed E-state index contributed by atoms with van der Waals surface area (Å²) in [7, 11) is 0. The molecule has 1 aromatic heterocycles. The zero-order chi connectivity index (χ0) is 12.5. The number of rotatable bonds is 3. The lowest BCUT2D eigenvalue weighted by Gasteiger charge is -2.14. The first kappa shape index (κ1) is 11.5. The second-order valence-corrected chi connectivity index (χ2v) is 4.73. The second kappa shape index (κ2) is 4.59. The average Bonchev–Trinajstić information content (AvgIpc) is 2.90. The van der Waals surface area contributed by atoms with Crippen LogP contribution < -0.4 is 5.76 Å². The average molecular weight is 248 g/mol. The minimum absolute atomic E-state index is 0.220. The Kier molecular flexibility index (Phi) is 2.93. The summed E-state index contributed by atoms with van der Waals surface area (Å²) < 4.78 is 6.83. The van der Waals surface area contributed by atoms with E-state index in [1.165, 1.54) is 0 Å². The molecular formula is C13H16N2O3. The van der Waals surface area contributed by atoms with Crippen LogP contribution >= 0.6 is 0 Å². The van der Waals surface area contributed by atoms with Crippen LogP contribution in [0.15, 0.2) is 33.5 Å². The first-order chi connectivity index (χ1) is 8.74. The van der Waals surface area contributed by atoms with Crippen molar-refractivity contribution in [3.63, 3.8) is 0 Å². The number of aliphatic hydroxyl groups excluding tert-OH is 1. The molecule has 0 amide bonds. The summed E-state index contributed by atoms with van der Waals surface area (Å²) in [5.74, 6) is -0.309. The number of β-amino-alcohol motifs (C(OH)–C–C–N with tert-alkyl or cyclic N) is 1. The van der Waals surface area contributed by atoms with E-state index in [0.717, 1.165) is 25.0 Å². The molecule has 1 aliphatic rings. The molecule has 1 unspecified atom stereocenters. The Balaban J connectivity index is 1.78. The molecule has 0 spiro atoms. The molecule has 96 valence electrons. The minimum Gasteiger partial charge on any atom is -0.408 e. The number of para-hydroxylation sites is 2. The third kappa shape index (κ3) is 2.07. The summed E-state index contributed by atoms with van der Waals surface area (Å²) in [6, 6.07) is 7.44. The summed E-state index contributed by atoms with van der Waals surface area (Å²) in [6.45, 7) is 2.96. The van der Waals surface area contributed by atoms with Crippen molar-refractivity contribution in [2.24, 2.45) is 0 Å². The number of oxazole rings is 1. The highest BCUT2D eigenvalue weighted by molar-refractivity contribution is 5.72. The van der Waals surface area contributed by atoms with Gasteiger partial charge in [-0.15, -0.1) is 0 Å². The highest BCUT2D eigenvalue weighted by Gasteiger charge is 2.20. The maximum atomic E-state index is 11.7. The van der Waals surface area contributed by atoms with Crippen LogP contribution in [0.1, 0.15) is 6.42 Å². The van der Waals surface area contributed by atoms with Gasteiger partial charge in [0.2, 0.25) is 0 Å². The summed E-state index contributed by atoms with van der Waals surface area (Å²) >= 11 is 0. The summed E-state index contributed by atoms with van der Waals surface area (Å²) in [6.07, 6.45) is 0.601. The molecule has 1 N–H and O–H groups in total.